The predicted molar refractivity (Wildman–Crippen MR) is 117 cm³/mol. The molecule has 2 aromatic rings. The average Bonchev–Trinajstić information content (AvgIpc) is 3.14. The van der Waals surface area contributed by atoms with Gasteiger partial charge >= 0.3 is 0 Å². The van der Waals surface area contributed by atoms with Crippen molar-refractivity contribution in [1.82, 2.24) is 25.3 Å². The van der Waals surface area contributed by atoms with E-state index in [-0.39, 0.29) is 0 Å². The maximum absolute atomic E-state index is 4.41. The van der Waals surface area contributed by atoms with Crippen LogP contribution in [0.25, 0.3) is 5.57 Å². The summed E-state index contributed by atoms with van der Waals surface area (Å²) in [6.45, 7) is 9.81. The Hall–Kier alpha value is -2.93. The van der Waals surface area contributed by atoms with E-state index in [1.54, 1.807) is 12.5 Å². The molecule has 0 spiro atoms. The van der Waals surface area contributed by atoms with E-state index in [0.29, 0.717) is 6.04 Å². The number of allylic oxidation sites excluding steroid dienone is 1. The van der Waals surface area contributed by atoms with Crippen molar-refractivity contribution in [3.05, 3.63) is 61.0 Å². The van der Waals surface area contributed by atoms with E-state index in [4.69, 9.17) is 0 Å². The lowest BCUT2D eigenvalue weighted by Gasteiger charge is -2.33. The molecule has 0 radical (unpaired) electrons. The third kappa shape index (κ3) is 4.56. The van der Waals surface area contributed by atoms with E-state index < -0.39 is 0 Å². The van der Waals surface area contributed by atoms with Crippen LogP contribution in [0.5, 0.6) is 0 Å². The summed E-state index contributed by atoms with van der Waals surface area (Å²) in [5, 5.41) is 5.30. The first kappa shape index (κ1) is 19.4. The molecule has 2 aliphatic heterocycles. The first-order valence-electron chi connectivity index (χ1n) is 10.4. The van der Waals surface area contributed by atoms with E-state index in [1.165, 1.54) is 25.8 Å². The fraction of sp³-hybridized carbons (Fsp3) is 0.409. The smallest absolute Gasteiger partial charge is 0.157 e. The van der Waals surface area contributed by atoms with Crippen molar-refractivity contribution in [2.24, 2.45) is 0 Å². The van der Waals surface area contributed by atoms with E-state index in [9.17, 15) is 0 Å². The molecule has 2 N–H and O–H groups in total. The number of nitrogens with one attached hydrogen (secondary N) is 2. The van der Waals surface area contributed by atoms with Gasteiger partial charge in [-0.2, -0.15) is 0 Å². The van der Waals surface area contributed by atoms with E-state index in [2.05, 4.69) is 44.1 Å². The number of hydrazine groups is 1. The molecule has 1 fully saturated rings. The van der Waals surface area contributed by atoms with Crippen LogP contribution < -0.4 is 15.8 Å². The normalized spacial score (nSPS) is 19.8. The predicted octanol–water partition coefficient (Wildman–Crippen LogP) is 3.43. The van der Waals surface area contributed by atoms with E-state index in [0.717, 1.165) is 48.0 Å². The van der Waals surface area contributed by atoms with Crippen molar-refractivity contribution < 1.29 is 0 Å². The Kier molecular flexibility index (Phi) is 6.05. The van der Waals surface area contributed by atoms with Gasteiger partial charge in [-0.15, -0.1) is 0 Å². The number of hydrogen-bond acceptors (Lipinski definition) is 7. The minimum atomic E-state index is 0.711. The molecule has 2 aromatic heterocycles. The topological polar surface area (TPSA) is 69.2 Å². The molecule has 2 aliphatic rings. The van der Waals surface area contributed by atoms with Gasteiger partial charge in [0, 0.05) is 54.9 Å². The Morgan fingerprint density at radius 2 is 2.24 bits per heavy atom. The van der Waals surface area contributed by atoms with Gasteiger partial charge in [-0.05, 0) is 38.8 Å². The standard InChI is InChI=1S/C22H29N7/c1-17-7-3-4-11-28(17)12-6-10-24-21-13-22(26-16-25-21)29-18(2)20(15-27-29)19-8-5-9-23-14-19/h5,8-9,13-17,27H,2-4,6-7,10-12H2,1H3,(H,24,25,26). The van der Waals surface area contributed by atoms with Gasteiger partial charge in [-0.25, -0.2) is 15.0 Å². The Bertz CT molecular complexity index is 864. The van der Waals surface area contributed by atoms with Crippen molar-refractivity contribution in [2.75, 3.05) is 30.0 Å². The molecule has 0 bridgehead atoms. The van der Waals surface area contributed by atoms with E-state index >= 15 is 0 Å². The molecular weight excluding hydrogens is 362 g/mol. The first-order valence-corrected chi connectivity index (χ1v) is 10.4. The van der Waals surface area contributed by atoms with Gasteiger partial charge in [0.1, 0.15) is 12.1 Å². The van der Waals surface area contributed by atoms with Crippen molar-refractivity contribution in [1.29, 1.82) is 0 Å². The van der Waals surface area contributed by atoms with Crippen LogP contribution in [0.1, 0.15) is 38.2 Å². The highest BCUT2D eigenvalue weighted by atomic mass is 15.5. The molecule has 7 heteroatoms. The first-order chi connectivity index (χ1) is 14.2. The van der Waals surface area contributed by atoms with Gasteiger partial charge in [0.15, 0.2) is 5.82 Å². The quantitative estimate of drug-likeness (QED) is 0.701. The molecular formula is C22H29N7. The minimum Gasteiger partial charge on any atom is -0.370 e. The molecule has 29 heavy (non-hydrogen) atoms. The van der Waals surface area contributed by atoms with Crippen LogP contribution in [0, 0.1) is 0 Å². The van der Waals surface area contributed by atoms with Crippen molar-refractivity contribution in [3.8, 4) is 0 Å². The molecule has 0 amide bonds. The zero-order chi connectivity index (χ0) is 20.1. The number of nitrogens with zero attached hydrogens (tertiary/aromatic N) is 5. The van der Waals surface area contributed by atoms with Crippen LogP contribution in [-0.2, 0) is 0 Å². The molecule has 0 aliphatic carbocycles. The zero-order valence-electron chi connectivity index (χ0n) is 17.0. The van der Waals surface area contributed by atoms with Crippen molar-refractivity contribution in [3.63, 3.8) is 0 Å². The number of rotatable bonds is 7. The fourth-order valence-corrected chi connectivity index (χ4v) is 3.94. The summed E-state index contributed by atoms with van der Waals surface area (Å²) in [5.74, 6) is 1.58. The molecule has 4 rings (SSSR count). The van der Waals surface area contributed by atoms with Crippen LogP contribution in [0.4, 0.5) is 11.6 Å². The molecule has 4 heterocycles. The van der Waals surface area contributed by atoms with Gasteiger partial charge in [0.25, 0.3) is 0 Å². The summed E-state index contributed by atoms with van der Waals surface area (Å²) < 4.78 is 0. The Labute approximate surface area is 172 Å². The summed E-state index contributed by atoms with van der Waals surface area (Å²) in [7, 11) is 0. The Morgan fingerprint density at radius 3 is 3.07 bits per heavy atom. The summed E-state index contributed by atoms with van der Waals surface area (Å²) in [5.41, 5.74) is 6.09. The second-order valence-corrected chi connectivity index (χ2v) is 7.63. The van der Waals surface area contributed by atoms with Crippen LogP contribution >= 0.6 is 0 Å². The lowest BCUT2D eigenvalue weighted by atomic mass is 10.0. The molecule has 1 unspecified atom stereocenters. The molecule has 152 valence electrons. The lowest BCUT2D eigenvalue weighted by Crippen LogP contribution is -2.38. The zero-order valence-corrected chi connectivity index (χ0v) is 17.0. The molecule has 1 saturated heterocycles. The Morgan fingerprint density at radius 1 is 1.31 bits per heavy atom. The van der Waals surface area contributed by atoms with Gasteiger partial charge in [-0.3, -0.25) is 10.4 Å². The molecule has 0 aromatic carbocycles. The van der Waals surface area contributed by atoms with Crippen LogP contribution in [0.3, 0.4) is 0 Å². The SMILES string of the molecule is C=C1C(c2cccnc2)=CNN1c1cc(NCCCN2CCCCC2C)ncn1. The summed E-state index contributed by atoms with van der Waals surface area (Å²) in [6, 6.07) is 6.60. The molecule has 7 nitrogen and oxygen atoms in total. The summed E-state index contributed by atoms with van der Waals surface area (Å²) >= 11 is 0. The number of aromatic nitrogens is 3. The number of anilines is 2. The van der Waals surface area contributed by atoms with Crippen molar-refractivity contribution >= 4 is 17.2 Å². The average molecular weight is 392 g/mol. The summed E-state index contributed by atoms with van der Waals surface area (Å²) in [6.07, 6.45) is 12.2. The summed E-state index contributed by atoms with van der Waals surface area (Å²) in [4.78, 5) is 15.6. The monoisotopic (exact) mass is 391 g/mol. The van der Waals surface area contributed by atoms with E-state index in [1.807, 2.05) is 35.6 Å². The molecule has 1 atom stereocenters. The second kappa shape index (κ2) is 9.05. The highest BCUT2D eigenvalue weighted by Crippen LogP contribution is 2.30. The largest absolute Gasteiger partial charge is 0.370 e. The number of likely N-dealkylation sites (tertiary alicyclic amines) is 1. The number of hydrogen-bond donors (Lipinski definition) is 2. The highest BCUT2D eigenvalue weighted by Gasteiger charge is 2.22. The van der Waals surface area contributed by atoms with Crippen LogP contribution in [0.15, 0.2) is 55.4 Å². The minimum absolute atomic E-state index is 0.711. The maximum Gasteiger partial charge on any atom is 0.157 e. The van der Waals surface area contributed by atoms with Gasteiger partial charge in [-0.1, -0.05) is 19.1 Å². The number of pyridine rings is 1. The second-order valence-electron chi connectivity index (χ2n) is 7.63. The van der Waals surface area contributed by atoms with Gasteiger partial charge < -0.3 is 10.2 Å². The number of piperidine rings is 1. The van der Waals surface area contributed by atoms with Crippen LogP contribution in [0.2, 0.25) is 0 Å². The lowest BCUT2D eigenvalue weighted by molar-refractivity contribution is 0.160. The maximum atomic E-state index is 4.41. The van der Waals surface area contributed by atoms with Crippen LogP contribution in [-0.4, -0.2) is 45.5 Å². The Balaban J connectivity index is 1.32. The molecule has 0 saturated carbocycles. The van der Waals surface area contributed by atoms with Crippen molar-refractivity contribution in [2.45, 2.75) is 38.6 Å². The third-order valence-electron chi connectivity index (χ3n) is 5.64. The van der Waals surface area contributed by atoms with Gasteiger partial charge in [0.05, 0.1) is 5.70 Å². The highest BCUT2D eigenvalue weighted by molar-refractivity contribution is 5.84. The van der Waals surface area contributed by atoms with Gasteiger partial charge in [0.2, 0.25) is 0 Å². The fourth-order valence-electron chi connectivity index (χ4n) is 3.94. The third-order valence-corrected chi connectivity index (χ3v) is 5.64.